The van der Waals surface area contributed by atoms with Crippen LogP contribution in [-0.4, -0.2) is 51.3 Å². The highest BCUT2D eigenvalue weighted by atomic mass is 16.5. The summed E-state index contributed by atoms with van der Waals surface area (Å²) >= 11 is 0. The predicted octanol–water partition coefficient (Wildman–Crippen LogP) is 0.372. The van der Waals surface area contributed by atoms with Gasteiger partial charge in [-0.05, 0) is 32.1 Å². The molecular weight excluding hydrogens is 272 g/mol. The van der Waals surface area contributed by atoms with Gasteiger partial charge in [0.15, 0.2) is 0 Å². The van der Waals surface area contributed by atoms with Crippen LogP contribution < -0.4 is 5.69 Å². The predicted molar refractivity (Wildman–Crippen MR) is 73.8 cm³/mol. The Labute approximate surface area is 122 Å². The third-order valence-corrected chi connectivity index (χ3v) is 5.14. The number of hydrogen-bond donors (Lipinski definition) is 2. The summed E-state index contributed by atoms with van der Waals surface area (Å²) in [6.07, 6.45) is 5.23. The fourth-order valence-electron chi connectivity index (χ4n) is 3.98. The summed E-state index contributed by atoms with van der Waals surface area (Å²) in [5.41, 5.74) is -0.261. The van der Waals surface area contributed by atoms with Crippen molar-refractivity contribution in [2.75, 3.05) is 13.1 Å². The van der Waals surface area contributed by atoms with E-state index in [2.05, 4.69) is 15.2 Å². The van der Waals surface area contributed by atoms with Gasteiger partial charge in [-0.2, -0.15) is 5.10 Å². The molecule has 3 fully saturated rings. The lowest BCUT2D eigenvalue weighted by atomic mass is 9.87. The van der Waals surface area contributed by atoms with Crippen LogP contribution in [0.3, 0.4) is 0 Å². The summed E-state index contributed by atoms with van der Waals surface area (Å²) in [5.74, 6) is 1.29. The van der Waals surface area contributed by atoms with E-state index in [1.807, 2.05) is 4.90 Å². The van der Waals surface area contributed by atoms with Gasteiger partial charge in [-0.25, -0.2) is 9.89 Å². The van der Waals surface area contributed by atoms with E-state index < -0.39 is 0 Å². The molecule has 4 heterocycles. The van der Waals surface area contributed by atoms with Gasteiger partial charge in [-0.15, -0.1) is 0 Å². The van der Waals surface area contributed by atoms with Gasteiger partial charge in [0.1, 0.15) is 5.82 Å². The molecule has 4 rings (SSSR count). The number of carbonyl (C=O) groups excluding carboxylic acids is 1. The van der Waals surface area contributed by atoms with E-state index in [1.165, 1.54) is 0 Å². The second-order valence-electron chi connectivity index (χ2n) is 6.38. The van der Waals surface area contributed by atoms with Gasteiger partial charge >= 0.3 is 5.69 Å². The topological polar surface area (TPSA) is 91.1 Å². The first kappa shape index (κ1) is 13.1. The normalized spacial score (nSPS) is 32.8. The van der Waals surface area contributed by atoms with E-state index >= 15 is 0 Å². The Morgan fingerprint density at radius 1 is 1.24 bits per heavy atom. The van der Waals surface area contributed by atoms with Crippen molar-refractivity contribution in [3.63, 3.8) is 0 Å². The highest BCUT2D eigenvalue weighted by Crippen LogP contribution is 2.40. The van der Waals surface area contributed by atoms with Crippen molar-refractivity contribution < 1.29 is 9.53 Å². The Bertz CT molecular complexity index is 587. The van der Waals surface area contributed by atoms with Crippen molar-refractivity contribution in [1.29, 1.82) is 0 Å². The Balaban J connectivity index is 1.37. The minimum atomic E-state index is -0.261. The Kier molecular flexibility index (Phi) is 3.10. The molecule has 0 saturated carbocycles. The molecule has 1 aromatic heterocycles. The maximum atomic E-state index is 12.6. The summed E-state index contributed by atoms with van der Waals surface area (Å²) in [5, 5.41) is 6.41. The Morgan fingerprint density at radius 2 is 2.05 bits per heavy atom. The van der Waals surface area contributed by atoms with Crippen LogP contribution in [0, 0.1) is 5.92 Å². The number of ether oxygens (including phenoxy) is 1. The molecule has 0 radical (unpaired) electrons. The van der Waals surface area contributed by atoms with Crippen LogP contribution in [0.25, 0.3) is 0 Å². The van der Waals surface area contributed by atoms with Crippen LogP contribution in [0.15, 0.2) is 4.79 Å². The molecule has 3 saturated heterocycles. The molecule has 1 aromatic rings. The number of nitrogens with one attached hydrogen (secondary N) is 2. The monoisotopic (exact) mass is 292 g/mol. The minimum absolute atomic E-state index is 0.0745. The fourth-order valence-corrected chi connectivity index (χ4v) is 3.98. The lowest BCUT2D eigenvalue weighted by molar-refractivity contribution is -0.138. The first-order valence-corrected chi connectivity index (χ1v) is 7.79. The Hall–Kier alpha value is -1.63. The molecule has 0 aromatic carbocycles. The first-order chi connectivity index (χ1) is 10.2. The largest absolute Gasteiger partial charge is 0.374 e. The van der Waals surface area contributed by atoms with Crippen molar-refractivity contribution in [1.82, 2.24) is 20.1 Å². The molecule has 7 nitrogen and oxygen atoms in total. The smallest absolute Gasteiger partial charge is 0.340 e. The number of aromatic nitrogens is 3. The molecule has 2 N–H and O–H groups in total. The quantitative estimate of drug-likeness (QED) is 0.824. The summed E-state index contributed by atoms with van der Waals surface area (Å²) < 4.78 is 5.79. The number of aromatic amines is 2. The van der Waals surface area contributed by atoms with Crippen molar-refractivity contribution in [2.24, 2.45) is 5.92 Å². The van der Waals surface area contributed by atoms with Crippen molar-refractivity contribution in [3.8, 4) is 0 Å². The van der Waals surface area contributed by atoms with Crippen LogP contribution >= 0.6 is 0 Å². The number of H-pyrrole nitrogens is 2. The van der Waals surface area contributed by atoms with E-state index in [0.29, 0.717) is 6.10 Å². The number of amides is 1. The van der Waals surface area contributed by atoms with Crippen molar-refractivity contribution in [3.05, 3.63) is 16.3 Å². The number of nitrogens with zero attached hydrogens (tertiary/aromatic N) is 2. The average molecular weight is 292 g/mol. The average Bonchev–Trinajstić information content (AvgIpc) is 3.23. The zero-order chi connectivity index (χ0) is 14.4. The van der Waals surface area contributed by atoms with Gasteiger partial charge in [0.2, 0.25) is 5.91 Å². The number of hydrogen-bond acceptors (Lipinski definition) is 4. The lowest BCUT2D eigenvalue weighted by Gasteiger charge is -2.33. The van der Waals surface area contributed by atoms with E-state index in [4.69, 9.17) is 4.74 Å². The zero-order valence-electron chi connectivity index (χ0n) is 11.9. The maximum absolute atomic E-state index is 12.6. The van der Waals surface area contributed by atoms with E-state index in [-0.39, 0.29) is 29.5 Å². The first-order valence-electron chi connectivity index (χ1n) is 7.79. The molecule has 1 amide bonds. The molecule has 114 valence electrons. The molecule has 3 aliphatic heterocycles. The van der Waals surface area contributed by atoms with Crippen molar-refractivity contribution >= 4 is 5.91 Å². The fraction of sp³-hybridized carbons (Fsp3) is 0.786. The molecule has 3 aliphatic rings. The molecule has 0 unspecified atom stereocenters. The maximum Gasteiger partial charge on any atom is 0.340 e. The van der Waals surface area contributed by atoms with Crippen LogP contribution in [-0.2, 0) is 9.53 Å². The van der Waals surface area contributed by atoms with Gasteiger partial charge < -0.3 is 9.64 Å². The van der Waals surface area contributed by atoms with E-state index in [9.17, 15) is 9.59 Å². The van der Waals surface area contributed by atoms with Gasteiger partial charge in [0.05, 0.1) is 18.1 Å². The number of piperidine rings is 1. The van der Waals surface area contributed by atoms with Crippen LogP contribution in [0.4, 0.5) is 0 Å². The summed E-state index contributed by atoms with van der Waals surface area (Å²) in [7, 11) is 0. The van der Waals surface area contributed by atoms with Crippen molar-refractivity contribution in [2.45, 2.75) is 50.2 Å². The lowest BCUT2D eigenvalue weighted by Crippen LogP contribution is -2.44. The third-order valence-electron chi connectivity index (χ3n) is 5.14. The molecule has 7 heteroatoms. The highest BCUT2D eigenvalue weighted by Gasteiger charge is 2.46. The van der Waals surface area contributed by atoms with E-state index in [0.717, 1.165) is 51.0 Å². The second kappa shape index (κ2) is 4.98. The van der Waals surface area contributed by atoms with Crippen LogP contribution in [0.2, 0.25) is 0 Å². The molecule has 0 spiro atoms. The minimum Gasteiger partial charge on any atom is -0.374 e. The van der Waals surface area contributed by atoms with Gasteiger partial charge in [-0.1, -0.05) is 0 Å². The standard InChI is InChI=1S/C14H20N4O3/c19-13(10-7-9-1-2-11(10)21-9)18-5-3-8(4-6-18)12-15-14(20)17-16-12/h8-11H,1-7H2,(H2,15,16,17,20)/t9-,10-,11+/m1/s1. The number of rotatable bonds is 2. The van der Waals surface area contributed by atoms with Crippen LogP contribution in [0.1, 0.15) is 43.8 Å². The van der Waals surface area contributed by atoms with E-state index in [1.54, 1.807) is 0 Å². The summed E-state index contributed by atoms with van der Waals surface area (Å²) in [4.78, 5) is 28.4. The van der Waals surface area contributed by atoms with Gasteiger partial charge in [-0.3, -0.25) is 9.78 Å². The molecule has 2 bridgehead atoms. The number of fused-ring (bicyclic) bond motifs is 2. The third kappa shape index (κ3) is 2.29. The molecule has 3 atom stereocenters. The SMILES string of the molecule is O=C([C@@H]1C[C@H]2CC[C@@H]1O2)N1CCC(c2n[nH]c(=O)[nH]2)CC1. The van der Waals surface area contributed by atoms with Gasteiger partial charge in [0.25, 0.3) is 0 Å². The highest BCUT2D eigenvalue weighted by molar-refractivity contribution is 5.80. The second-order valence-corrected chi connectivity index (χ2v) is 6.38. The Morgan fingerprint density at radius 3 is 2.62 bits per heavy atom. The van der Waals surface area contributed by atoms with Gasteiger partial charge in [0, 0.05) is 19.0 Å². The summed E-state index contributed by atoms with van der Waals surface area (Å²) in [6.45, 7) is 1.48. The molecular formula is C14H20N4O3. The van der Waals surface area contributed by atoms with Crippen LogP contribution in [0.5, 0.6) is 0 Å². The zero-order valence-corrected chi connectivity index (χ0v) is 11.9. The molecule has 0 aliphatic carbocycles. The number of likely N-dealkylation sites (tertiary alicyclic amines) is 1. The molecule has 21 heavy (non-hydrogen) atoms. The number of carbonyl (C=O) groups is 1. The summed E-state index contributed by atoms with van der Waals surface area (Å²) in [6, 6.07) is 0.